The lowest BCUT2D eigenvalue weighted by atomic mass is 10.2. The van der Waals surface area contributed by atoms with E-state index in [1.54, 1.807) is 16.8 Å². The van der Waals surface area contributed by atoms with Crippen LogP contribution in [0.1, 0.15) is 33.6 Å². The summed E-state index contributed by atoms with van der Waals surface area (Å²) in [5, 5.41) is 8.58. The zero-order valence-electron chi connectivity index (χ0n) is 10.6. The lowest BCUT2D eigenvalue weighted by molar-refractivity contribution is -0.137. The third kappa shape index (κ3) is 4.51. The van der Waals surface area contributed by atoms with Crippen LogP contribution < -0.4 is 0 Å². The summed E-state index contributed by atoms with van der Waals surface area (Å²) in [5.74, 6) is -0.877. The molecule has 1 unspecified atom stereocenters. The second kappa shape index (κ2) is 7.09. The molecule has 0 aromatic carbocycles. The number of amides is 2. The SMILES string of the molecule is CCC(C)N(C)C(=O)N(CC)CCC(=O)O. The van der Waals surface area contributed by atoms with Crippen molar-refractivity contribution >= 4 is 12.0 Å². The summed E-state index contributed by atoms with van der Waals surface area (Å²) in [6.07, 6.45) is 0.882. The van der Waals surface area contributed by atoms with Crippen LogP contribution in [0.2, 0.25) is 0 Å². The van der Waals surface area contributed by atoms with E-state index in [2.05, 4.69) is 0 Å². The Balaban J connectivity index is 4.34. The van der Waals surface area contributed by atoms with E-state index in [4.69, 9.17) is 5.11 Å². The smallest absolute Gasteiger partial charge is 0.319 e. The Labute approximate surface area is 97.0 Å². The molecule has 0 saturated carbocycles. The molecular formula is C11H22N2O3. The summed E-state index contributed by atoms with van der Waals surface area (Å²) >= 11 is 0. The first-order chi connectivity index (χ1) is 7.43. The number of hydrogen-bond acceptors (Lipinski definition) is 2. The van der Waals surface area contributed by atoms with Gasteiger partial charge in [-0.25, -0.2) is 4.79 Å². The van der Waals surface area contributed by atoms with Crippen molar-refractivity contribution in [3.05, 3.63) is 0 Å². The molecular weight excluding hydrogens is 208 g/mol. The van der Waals surface area contributed by atoms with Gasteiger partial charge in [0, 0.05) is 26.2 Å². The van der Waals surface area contributed by atoms with Crippen molar-refractivity contribution in [3.63, 3.8) is 0 Å². The highest BCUT2D eigenvalue weighted by atomic mass is 16.4. The summed E-state index contributed by atoms with van der Waals surface area (Å²) in [6, 6.07) is 0.0736. The quantitative estimate of drug-likeness (QED) is 0.754. The number of carbonyl (C=O) groups excluding carboxylic acids is 1. The number of aliphatic carboxylic acids is 1. The lowest BCUT2D eigenvalue weighted by Crippen LogP contribution is -2.45. The summed E-state index contributed by atoms with van der Waals surface area (Å²) in [4.78, 5) is 25.6. The van der Waals surface area contributed by atoms with Crippen LogP contribution in [-0.2, 0) is 4.79 Å². The zero-order chi connectivity index (χ0) is 12.7. The normalized spacial score (nSPS) is 12.0. The van der Waals surface area contributed by atoms with Crippen LogP contribution in [-0.4, -0.2) is 53.1 Å². The molecule has 0 fully saturated rings. The maximum absolute atomic E-state index is 11.9. The van der Waals surface area contributed by atoms with Gasteiger partial charge in [-0.1, -0.05) is 6.92 Å². The first-order valence-corrected chi connectivity index (χ1v) is 5.67. The Bertz CT molecular complexity index is 243. The topological polar surface area (TPSA) is 60.9 Å². The highest BCUT2D eigenvalue weighted by Gasteiger charge is 2.20. The molecule has 0 aromatic heterocycles. The highest BCUT2D eigenvalue weighted by molar-refractivity contribution is 5.75. The van der Waals surface area contributed by atoms with Crippen molar-refractivity contribution in [3.8, 4) is 0 Å². The van der Waals surface area contributed by atoms with Crippen LogP contribution in [0, 0.1) is 0 Å². The van der Waals surface area contributed by atoms with Crippen molar-refractivity contribution in [1.29, 1.82) is 0 Å². The lowest BCUT2D eigenvalue weighted by Gasteiger charge is -2.30. The van der Waals surface area contributed by atoms with Crippen LogP contribution in [0.4, 0.5) is 4.79 Å². The van der Waals surface area contributed by atoms with Gasteiger partial charge < -0.3 is 14.9 Å². The average molecular weight is 230 g/mol. The molecule has 94 valence electrons. The molecule has 0 aliphatic heterocycles. The number of carbonyl (C=O) groups is 2. The molecule has 0 saturated heterocycles. The monoisotopic (exact) mass is 230 g/mol. The van der Waals surface area contributed by atoms with E-state index < -0.39 is 5.97 Å². The minimum atomic E-state index is -0.877. The summed E-state index contributed by atoms with van der Waals surface area (Å²) in [5.41, 5.74) is 0. The van der Waals surface area contributed by atoms with Gasteiger partial charge in [-0.3, -0.25) is 4.79 Å². The highest BCUT2D eigenvalue weighted by Crippen LogP contribution is 2.05. The van der Waals surface area contributed by atoms with Gasteiger partial charge >= 0.3 is 12.0 Å². The van der Waals surface area contributed by atoms with Crippen LogP contribution in [0.5, 0.6) is 0 Å². The van der Waals surface area contributed by atoms with Gasteiger partial charge in [0.05, 0.1) is 6.42 Å². The molecule has 16 heavy (non-hydrogen) atoms. The minimum absolute atomic E-state index is 0.00603. The molecule has 5 nitrogen and oxygen atoms in total. The number of nitrogens with zero attached hydrogens (tertiary/aromatic N) is 2. The number of hydrogen-bond donors (Lipinski definition) is 1. The van der Waals surface area contributed by atoms with Gasteiger partial charge in [-0.05, 0) is 20.3 Å². The van der Waals surface area contributed by atoms with E-state index >= 15 is 0 Å². The minimum Gasteiger partial charge on any atom is -0.481 e. The van der Waals surface area contributed by atoms with Crippen molar-refractivity contribution in [1.82, 2.24) is 9.80 Å². The van der Waals surface area contributed by atoms with E-state index in [1.165, 1.54) is 0 Å². The van der Waals surface area contributed by atoms with Crippen LogP contribution in [0.15, 0.2) is 0 Å². The number of carboxylic acid groups (broad SMARTS) is 1. The first-order valence-electron chi connectivity index (χ1n) is 5.67. The van der Waals surface area contributed by atoms with E-state index in [0.717, 1.165) is 6.42 Å². The Kier molecular flexibility index (Phi) is 6.53. The van der Waals surface area contributed by atoms with Crippen LogP contribution in [0.3, 0.4) is 0 Å². The first kappa shape index (κ1) is 14.7. The van der Waals surface area contributed by atoms with E-state index in [9.17, 15) is 9.59 Å². The summed E-state index contributed by atoms with van der Waals surface area (Å²) < 4.78 is 0. The van der Waals surface area contributed by atoms with E-state index in [-0.39, 0.29) is 25.0 Å². The Hall–Kier alpha value is -1.26. The molecule has 0 bridgehead atoms. The summed E-state index contributed by atoms with van der Waals surface area (Å²) in [7, 11) is 1.75. The Morgan fingerprint density at radius 3 is 2.25 bits per heavy atom. The van der Waals surface area contributed by atoms with Crippen LogP contribution in [0.25, 0.3) is 0 Å². The fourth-order valence-corrected chi connectivity index (χ4v) is 1.31. The number of rotatable bonds is 6. The molecule has 0 radical (unpaired) electrons. The molecule has 0 heterocycles. The molecule has 0 aliphatic rings. The fraction of sp³-hybridized carbons (Fsp3) is 0.818. The van der Waals surface area contributed by atoms with Gasteiger partial charge in [-0.15, -0.1) is 0 Å². The zero-order valence-corrected chi connectivity index (χ0v) is 10.6. The fourth-order valence-electron chi connectivity index (χ4n) is 1.31. The predicted molar refractivity (Wildman–Crippen MR) is 62.4 cm³/mol. The molecule has 0 aromatic rings. The number of carboxylic acids is 1. The molecule has 1 N–H and O–H groups in total. The van der Waals surface area contributed by atoms with Crippen molar-refractivity contribution in [2.24, 2.45) is 0 Å². The summed E-state index contributed by atoms with van der Waals surface area (Å²) in [6.45, 7) is 6.65. The van der Waals surface area contributed by atoms with E-state index in [1.807, 2.05) is 20.8 Å². The third-order valence-corrected chi connectivity index (χ3v) is 2.80. The maximum Gasteiger partial charge on any atom is 0.319 e. The average Bonchev–Trinajstić information content (AvgIpc) is 2.27. The third-order valence-electron chi connectivity index (χ3n) is 2.80. The molecule has 0 spiro atoms. The largest absolute Gasteiger partial charge is 0.481 e. The predicted octanol–water partition coefficient (Wildman–Crippen LogP) is 1.63. The van der Waals surface area contributed by atoms with E-state index in [0.29, 0.717) is 6.54 Å². The maximum atomic E-state index is 11.9. The Morgan fingerprint density at radius 2 is 1.88 bits per heavy atom. The molecule has 5 heteroatoms. The second-order valence-electron chi connectivity index (χ2n) is 3.87. The van der Waals surface area contributed by atoms with Gasteiger partial charge in [0.2, 0.25) is 0 Å². The van der Waals surface area contributed by atoms with Gasteiger partial charge in [0.1, 0.15) is 0 Å². The van der Waals surface area contributed by atoms with Gasteiger partial charge in [0.25, 0.3) is 0 Å². The standard InChI is InChI=1S/C11H22N2O3/c1-5-9(3)12(4)11(16)13(6-2)8-7-10(14)15/h9H,5-8H2,1-4H3,(H,14,15). The van der Waals surface area contributed by atoms with Crippen molar-refractivity contribution in [2.45, 2.75) is 39.7 Å². The van der Waals surface area contributed by atoms with Crippen LogP contribution >= 0.6 is 0 Å². The molecule has 0 aliphatic carbocycles. The molecule has 0 rings (SSSR count). The van der Waals surface area contributed by atoms with Gasteiger partial charge in [0.15, 0.2) is 0 Å². The second-order valence-corrected chi connectivity index (χ2v) is 3.87. The molecule has 2 amide bonds. The van der Waals surface area contributed by atoms with Crippen molar-refractivity contribution < 1.29 is 14.7 Å². The molecule has 1 atom stereocenters. The Morgan fingerprint density at radius 1 is 1.31 bits per heavy atom. The number of urea groups is 1. The van der Waals surface area contributed by atoms with Gasteiger partial charge in [-0.2, -0.15) is 0 Å². The van der Waals surface area contributed by atoms with Crippen molar-refractivity contribution in [2.75, 3.05) is 20.1 Å².